The van der Waals surface area contributed by atoms with Gasteiger partial charge in [-0.05, 0) is 45.2 Å². The molecule has 0 spiro atoms. The fourth-order valence-corrected chi connectivity index (χ4v) is 10.6. The number of carbonyl (C=O) groups is 7. The largest absolute Gasteiger partial charge is 0.508 e. The third-order valence-electron chi connectivity index (χ3n) is 14.1. The van der Waals surface area contributed by atoms with Gasteiger partial charge in [0, 0.05) is 30.1 Å². The molecule has 1 aromatic carbocycles. The summed E-state index contributed by atoms with van der Waals surface area (Å²) in [6.07, 6.45) is -10.0. The topological polar surface area (TPSA) is 239 Å². The number of Topliss-reactive ketones (excluding diaryl/α,β-unsaturated/α-hetero) is 2. The quantitative estimate of drug-likeness (QED) is 0.203. The number of hydrogen-bond acceptors (Lipinski definition) is 16. The van der Waals surface area contributed by atoms with E-state index in [-0.39, 0.29) is 12.0 Å². The molecule has 6 rings (SSSR count). The van der Waals surface area contributed by atoms with Gasteiger partial charge < -0.3 is 43.7 Å². The van der Waals surface area contributed by atoms with Gasteiger partial charge in [-0.25, -0.2) is 24.1 Å². The minimum absolute atomic E-state index is 0.0326. The van der Waals surface area contributed by atoms with Crippen molar-refractivity contribution in [2.45, 2.75) is 135 Å². The first-order chi connectivity index (χ1) is 27.1. The average Bonchev–Trinajstić information content (AvgIpc) is 3.34. The predicted octanol–water partition coefficient (Wildman–Crippen LogP) is 2.92. The molecule has 2 aliphatic heterocycles. The summed E-state index contributed by atoms with van der Waals surface area (Å²) >= 11 is 0. The molecule has 17 heteroatoms. The SMILES string of the molecule is COC(=O)O[C@@]12CO[C@@H]1CC(O)[C@@]1(C)C(=O)C(=O)C3C(C)[C@](C)(OC(=O)[C@H](O)[C@@H](N4C(=O)OC(C)(C)C4=O)C(C)(C)C)C[C@@](O)([C@@H](OC(=O)c4ccccc4)C12)C3(C)C. The lowest BCUT2D eigenvalue weighted by atomic mass is 9.41. The van der Waals surface area contributed by atoms with Crippen LogP contribution in [0.3, 0.4) is 0 Å². The number of esters is 2. The zero-order valence-corrected chi connectivity index (χ0v) is 35.2. The molecular weight excluding hydrogens is 774 g/mol. The number of carbonyl (C=O) groups excluding carboxylic acids is 7. The van der Waals surface area contributed by atoms with Crippen LogP contribution >= 0.6 is 0 Å². The van der Waals surface area contributed by atoms with Gasteiger partial charge in [0.15, 0.2) is 17.3 Å². The third-order valence-corrected chi connectivity index (χ3v) is 14.1. The van der Waals surface area contributed by atoms with E-state index in [0.717, 1.165) is 7.11 Å². The number of amides is 2. The lowest BCUT2D eigenvalue weighted by molar-refractivity contribution is -0.351. The zero-order valence-electron chi connectivity index (χ0n) is 35.2. The van der Waals surface area contributed by atoms with Crippen LogP contribution in [0.25, 0.3) is 0 Å². The summed E-state index contributed by atoms with van der Waals surface area (Å²) < 4.78 is 34.3. The summed E-state index contributed by atoms with van der Waals surface area (Å²) in [6.45, 7) is 14.3. The first kappa shape index (κ1) is 44.1. The number of benzene rings is 1. The highest BCUT2D eigenvalue weighted by Crippen LogP contribution is 2.66. The number of hydrogen-bond donors (Lipinski definition) is 3. The van der Waals surface area contributed by atoms with E-state index in [0.29, 0.717) is 4.90 Å². The third kappa shape index (κ3) is 6.36. The number of aliphatic hydroxyl groups excluding tert-OH is 2. The molecule has 3 N–H and O–H groups in total. The Hall–Kier alpha value is -4.45. The van der Waals surface area contributed by atoms with Crippen LogP contribution in [0, 0.1) is 34.0 Å². The van der Waals surface area contributed by atoms with Gasteiger partial charge >= 0.3 is 24.2 Å². The Bertz CT molecular complexity index is 1960. The van der Waals surface area contributed by atoms with Crippen LogP contribution < -0.4 is 0 Å². The summed E-state index contributed by atoms with van der Waals surface area (Å²) in [5, 5.41) is 37.2. The monoisotopic (exact) mass is 829 g/mol. The van der Waals surface area contributed by atoms with Crippen LogP contribution in [0.5, 0.6) is 0 Å². The number of fused-ring (bicyclic) bond motifs is 5. The number of ether oxygens (including phenoxy) is 6. The molecular formula is C42H55NO16. The molecule has 4 unspecified atom stereocenters. The molecule has 2 bridgehead atoms. The Labute approximate surface area is 341 Å². The number of imide groups is 1. The molecule has 324 valence electrons. The number of nitrogens with zero attached hydrogens (tertiary/aromatic N) is 1. The highest BCUT2D eigenvalue weighted by atomic mass is 16.8. The van der Waals surface area contributed by atoms with E-state index in [1.165, 1.54) is 60.6 Å². The van der Waals surface area contributed by atoms with E-state index in [1.807, 2.05) is 0 Å². The summed E-state index contributed by atoms with van der Waals surface area (Å²) in [6, 6.07) is 6.18. The second-order valence-electron chi connectivity index (χ2n) is 19.3. The summed E-state index contributed by atoms with van der Waals surface area (Å²) in [7, 11) is 1.05. The molecule has 59 heavy (non-hydrogen) atoms. The number of rotatable bonds is 7. The molecule has 2 amide bonds. The van der Waals surface area contributed by atoms with Gasteiger partial charge in [-0.15, -0.1) is 0 Å². The summed E-state index contributed by atoms with van der Waals surface area (Å²) in [4.78, 5) is 98.7. The molecule has 3 aliphatic carbocycles. The fraction of sp³-hybridized carbons (Fsp3) is 0.690. The van der Waals surface area contributed by atoms with Crippen molar-refractivity contribution < 1.29 is 77.3 Å². The van der Waals surface area contributed by atoms with Crippen molar-refractivity contribution in [1.29, 1.82) is 0 Å². The van der Waals surface area contributed by atoms with Crippen molar-refractivity contribution in [2.24, 2.45) is 34.0 Å². The number of ketones is 2. The molecule has 5 aliphatic rings. The zero-order chi connectivity index (χ0) is 44.2. The molecule has 0 radical (unpaired) electrons. The van der Waals surface area contributed by atoms with Crippen molar-refractivity contribution in [3.63, 3.8) is 0 Å². The van der Waals surface area contributed by atoms with Crippen molar-refractivity contribution >= 4 is 41.7 Å². The summed E-state index contributed by atoms with van der Waals surface area (Å²) in [5.74, 6) is -9.56. The molecule has 12 atom stereocenters. The number of aliphatic hydroxyl groups is 3. The Kier molecular flexibility index (Phi) is 10.5. The van der Waals surface area contributed by atoms with Gasteiger partial charge in [-0.3, -0.25) is 14.4 Å². The molecule has 5 fully saturated rings. The number of methoxy groups -OCH3 is 1. The lowest BCUT2D eigenvalue weighted by Gasteiger charge is -2.68. The second-order valence-corrected chi connectivity index (χ2v) is 19.3. The first-order valence-electron chi connectivity index (χ1n) is 19.7. The Morgan fingerprint density at radius 2 is 1.58 bits per heavy atom. The van der Waals surface area contributed by atoms with Gasteiger partial charge in [-0.1, -0.05) is 59.7 Å². The van der Waals surface area contributed by atoms with Crippen LogP contribution in [0.2, 0.25) is 0 Å². The van der Waals surface area contributed by atoms with Crippen LogP contribution in [0.1, 0.15) is 92.4 Å². The van der Waals surface area contributed by atoms with Gasteiger partial charge in [0.25, 0.3) is 5.91 Å². The van der Waals surface area contributed by atoms with Gasteiger partial charge in [0.2, 0.25) is 11.6 Å². The van der Waals surface area contributed by atoms with Crippen molar-refractivity contribution in [3.05, 3.63) is 35.9 Å². The van der Waals surface area contributed by atoms with Gasteiger partial charge in [0.1, 0.15) is 23.4 Å². The van der Waals surface area contributed by atoms with Gasteiger partial charge in [0.05, 0.1) is 42.8 Å². The van der Waals surface area contributed by atoms with Crippen LogP contribution in [0.15, 0.2) is 30.3 Å². The maximum atomic E-state index is 15.0. The Morgan fingerprint density at radius 3 is 2.08 bits per heavy atom. The minimum atomic E-state index is -2.47. The average molecular weight is 830 g/mol. The molecule has 17 nitrogen and oxygen atoms in total. The molecule has 2 heterocycles. The highest BCUT2D eigenvalue weighted by Gasteiger charge is 2.80. The molecule has 1 aromatic rings. The molecule has 3 saturated carbocycles. The van der Waals surface area contributed by atoms with E-state index in [1.54, 1.807) is 39.0 Å². The molecule has 0 aromatic heterocycles. The summed E-state index contributed by atoms with van der Waals surface area (Å²) in [5.41, 5.74) is -12.9. The maximum absolute atomic E-state index is 15.0. The number of cyclic esters (lactones) is 1. The first-order valence-corrected chi connectivity index (χ1v) is 19.7. The fourth-order valence-electron chi connectivity index (χ4n) is 10.6. The van der Waals surface area contributed by atoms with Crippen LogP contribution in [0.4, 0.5) is 9.59 Å². The van der Waals surface area contributed by atoms with Crippen molar-refractivity contribution in [2.75, 3.05) is 13.7 Å². The highest BCUT2D eigenvalue weighted by molar-refractivity contribution is 6.40. The van der Waals surface area contributed by atoms with Crippen molar-refractivity contribution in [1.82, 2.24) is 4.90 Å². The lowest BCUT2D eigenvalue weighted by Crippen LogP contribution is -2.83. The van der Waals surface area contributed by atoms with E-state index in [2.05, 4.69) is 0 Å². The van der Waals surface area contributed by atoms with E-state index >= 15 is 4.79 Å². The molecule has 2 saturated heterocycles. The predicted molar refractivity (Wildman–Crippen MR) is 201 cm³/mol. The minimum Gasteiger partial charge on any atom is -0.457 e. The van der Waals surface area contributed by atoms with Gasteiger partial charge in [-0.2, -0.15) is 0 Å². The van der Waals surface area contributed by atoms with E-state index < -0.39 is 142 Å². The van der Waals surface area contributed by atoms with Crippen LogP contribution in [-0.2, 0) is 47.6 Å². The standard InChI is InChI=1S/C42H55NO16/c1-20-24-25(45)29(47)40(10)22(44)17-23-41(19-55-23,59-35(52)54-11)27(40)30(56-31(48)21-15-13-12-14-16-21)42(53,37(24,5)6)18-39(20,9)57-32(49)26(46)28(36(2,3)4)43-33(50)38(7,8)58-34(43)51/h12-16,20,22-24,26-28,30,44,46,53H,17-19H2,1-11H3/t20?,22?,23-,24?,26-,27?,28-,30+,39-,40-,41+,42-/m1/s1. The second kappa shape index (κ2) is 14.1. The normalized spacial score (nSPS) is 38.2. The Morgan fingerprint density at radius 1 is 0.966 bits per heavy atom. The van der Waals surface area contributed by atoms with Crippen LogP contribution in [-0.4, -0.2) is 128 Å². The van der Waals surface area contributed by atoms with E-state index in [9.17, 15) is 44.1 Å². The van der Waals surface area contributed by atoms with E-state index in [4.69, 9.17) is 28.4 Å². The Balaban J connectivity index is 1.53. The smallest absolute Gasteiger partial charge is 0.457 e. The maximum Gasteiger partial charge on any atom is 0.508 e. The van der Waals surface area contributed by atoms with Crippen molar-refractivity contribution in [3.8, 4) is 0 Å².